The van der Waals surface area contributed by atoms with Gasteiger partial charge in [-0.2, -0.15) is 0 Å². The van der Waals surface area contributed by atoms with Gasteiger partial charge in [0.2, 0.25) is 0 Å². The van der Waals surface area contributed by atoms with E-state index in [2.05, 4.69) is 4.98 Å². The first kappa shape index (κ1) is 12.2. The number of hydrogen-bond donors (Lipinski definition) is 2. The highest BCUT2D eigenvalue weighted by Gasteiger charge is 2.12. The van der Waals surface area contributed by atoms with Gasteiger partial charge in [-0.3, -0.25) is 14.6 Å². The van der Waals surface area contributed by atoms with Crippen LogP contribution >= 0.6 is 0 Å². The van der Waals surface area contributed by atoms with E-state index >= 15 is 0 Å². The number of rotatable bonds is 4. The van der Waals surface area contributed by atoms with Crippen LogP contribution in [0.25, 0.3) is 0 Å². The molecule has 0 aliphatic heterocycles. The van der Waals surface area contributed by atoms with Crippen LogP contribution in [0.15, 0.2) is 15.7 Å². The lowest BCUT2D eigenvalue weighted by Crippen LogP contribution is -2.33. The Morgan fingerprint density at radius 2 is 2.06 bits per heavy atom. The predicted octanol–water partition coefficient (Wildman–Crippen LogP) is -0.0647. The van der Waals surface area contributed by atoms with Gasteiger partial charge in [0, 0.05) is 19.7 Å². The molecule has 88 valence electrons. The van der Waals surface area contributed by atoms with Crippen molar-refractivity contribution in [1.82, 2.24) is 14.9 Å². The van der Waals surface area contributed by atoms with Gasteiger partial charge in [0.1, 0.15) is 5.69 Å². The average molecular weight is 225 g/mol. The first-order valence-corrected chi connectivity index (χ1v) is 5.13. The molecule has 0 saturated carbocycles. The molecule has 0 bridgehead atoms. The number of carbonyl (C=O) groups excluding carboxylic acids is 1. The van der Waals surface area contributed by atoms with E-state index in [1.54, 1.807) is 7.05 Å². The Bertz CT molecular complexity index is 446. The van der Waals surface area contributed by atoms with Crippen molar-refractivity contribution >= 4 is 5.91 Å². The van der Waals surface area contributed by atoms with E-state index in [1.165, 1.54) is 4.90 Å². The molecule has 0 radical (unpaired) electrons. The molecule has 0 aliphatic carbocycles. The number of carbonyl (C=O) groups is 1. The maximum absolute atomic E-state index is 11.8. The number of hydrogen-bond acceptors (Lipinski definition) is 3. The minimum atomic E-state index is -0.667. The minimum Gasteiger partial charge on any atom is -0.340 e. The van der Waals surface area contributed by atoms with Crippen LogP contribution in [0.2, 0.25) is 0 Å². The fraction of sp³-hybridized carbons (Fsp3) is 0.500. The van der Waals surface area contributed by atoms with E-state index in [9.17, 15) is 14.4 Å². The average Bonchev–Trinajstić information content (AvgIpc) is 2.23. The topological polar surface area (TPSA) is 86.0 Å². The molecule has 2 N–H and O–H groups in total. The van der Waals surface area contributed by atoms with Crippen molar-refractivity contribution < 1.29 is 4.79 Å². The third-order valence-electron chi connectivity index (χ3n) is 2.18. The van der Waals surface area contributed by atoms with Gasteiger partial charge < -0.3 is 9.88 Å². The van der Waals surface area contributed by atoms with Gasteiger partial charge in [-0.1, -0.05) is 13.3 Å². The Hall–Kier alpha value is -1.85. The number of nitrogens with zero attached hydrogens (tertiary/aromatic N) is 1. The molecule has 0 fully saturated rings. The molecule has 1 rings (SSSR count). The summed E-state index contributed by atoms with van der Waals surface area (Å²) in [5.74, 6) is -0.350. The Kier molecular flexibility index (Phi) is 4.04. The Labute approximate surface area is 92.3 Å². The van der Waals surface area contributed by atoms with E-state index in [-0.39, 0.29) is 11.6 Å². The second-order valence-electron chi connectivity index (χ2n) is 3.58. The summed E-state index contributed by atoms with van der Waals surface area (Å²) in [7, 11) is 1.64. The summed E-state index contributed by atoms with van der Waals surface area (Å²) >= 11 is 0. The molecule has 6 heteroatoms. The highest BCUT2D eigenvalue weighted by atomic mass is 16.2. The molecule has 6 nitrogen and oxygen atoms in total. The third-order valence-corrected chi connectivity index (χ3v) is 2.18. The Balaban J connectivity index is 2.87. The second kappa shape index (κ2) is 5.29. The molecule has 1 aromatic heterocycles. The van der Waals surface area contributed by atoms with Gasteiger partial charge in [0.25, 0.3) is 11.5 Å². The smallest absolute Gasteiger partial charge is 0.326 e. The minimum absolute atomic E-state index is 0.0207. The molecule has 16 heavy (non-hydrogen) atoms. The van der Waals surface area contributed by atoms with Crippen molar-refractivity contribution in [2.75, 3.05) is 13.6 Å². The molecule has 0 spiro atoms. The highest BCUT2D eigenvalue weighted by Crippen LogP contribution is 1.97. The van der Waals surface area contributed by atoms with E-state index in [1.807, 2.05) is 11.9 Å². The number of aromatic nitrogens is 2. The van der Waals surface area contributed by atoms with Crippen LogP contribution in [-0.2, 0) is 0 Å². The number of unbranched alkanes of at least 4 members (excludes halogenated alkanes) is 1. The van der Waals surface area contributed by atoms with Crippen LogP contribution < -0.4 is 11.2 Å². The standard InChI is InChI=1S/C10H15N3O3/c1-3-4-5-13(2)9(15)7-6-8(14)12-10(16)11-7/h6H,3-5H2,1-2H3,(H2,11,12,14,16). The van der Waals surface area contributed by atoms with Crippen molar-refractivity contribution in [2.24, 2.45) is 0 Å². The first-order valence-electron chi connectivity index (χ1n) is 5.13. The quantitative estimate of drug-likeness (QED) is 0.752. The maximum Gasteiger partial charge on any atom is 0.326 e. The molecule has 0 unspecified atom stereocenters. The molecule has 1 heterocycles. The Morgan fingerprint density at radius 1 is 1.38 bits per heavy atom. The van der Waals surface area contributed by atoms with Gasteiger partial charge in [0.05, 0.1) is 0 Å². The fourth-order valence-corrected chi connectivity index (χ4v) is 1.29. The van der Waals surface area contributed by atoms with Gasteiger partial charge >= 0.3 is 5.69 Å². The summed E-state index contributed by atoms with van der Waals surface area (Å²) in [4.78, 5) is 39.5. The van der Waals surface area contributed by atoms with Crippen LogP contribution in [0.3, 0.4) is 0 Å². The van der Waals surface area contributed by atoms with Crippen molar-refractivity contribution in [3.05, 3.63) is 32.6 Å². The number of aromatic amines is 2. The predicted molar refractivity (Wildman–Crippen MR) is 59.6 cm³/mol. The van der Waals surface area contributed by atoms with Crippen molar-refractivity contribution in [2.45, 2.75) is 19.8 Å². The monoisotopic (exact) mass is 225 g/mol. The fourth-order valence-electron chi connectivity index (χ4n) is 1.29. The first-order chi connectivity index (χ1) is 7.54. The zero-order valence-electron chi connectivity index (χ0n) is 9.37. The molecule has 1 amide bonds. The summed E-state index contributed by atoms with van der Waals surface area (Å²) in [6.07, 6.45) is 1.86. The summed E-state index contributed by atoms with van der Waals surface area (Å²) in [5.41, 5.74) is -1.22. The van der Waals surface area contributed by atoms with Crippen molar-refractivity contribution in [3.63, 3.8) is 0 Å². The van der Waals surface area contributed by atoms with Crippen LogP contribution in [0, 0.1) is 0 Å². The van der Waals surface area contributed by atoms with E-state index in [4.69, 9.17) is 0 Å². The second-order valence-corrected chi connectivity index (χ2v) is 3.58. The number of amides is 1. The van der Waals surface area contributed by atoms with E-state index in [0.717, 1.165) is 18.9 Å². The lowest BCUT2D eigenvalue weighted by Gasteiger charge is -2.15. The van der Waals surface area contributed by atoms with Gasteiger partial charge in [-0.05, 0) is 6.42 Å². The third kappa shape index (κ3) is 3.08. The van der Waals surface area contributed by atoms with Crippen LogP contribution in [0.5, 0.6) is 0 Å². The maximum atomic E-state index is 11.8. The molecular formula is C10H15N3O3. The lowest BCUT2D eigenvalue weighted by molar-refractivity contribution is 0.0787. The van der Waals surface area contributed by atoms with Crippen molar-refractivity contribution in [3.8, 4) is 0 Å². The normalized spacial score (nSPS) is 10.1. The molecule has 0 atom stereocenters. The number of H-pyrrole nitrogens is 2. The van der Waals surface area contributed by atoms with Crippen molar-refractivity contribution in [1.29, 1.82) is 0 Å². The van der Waals surface area contributed by atoms with Crippen LogP contribution in [-0.4, -0.2) is 34.4 Å². The molecule has 0 aliphatic rings. The summed E-state index contributed by atoms with van der Waals surface area (Å²) in [5, 5.41) is 0. The van der Waals surface area contributed by atoms with Gasteiger partial charge in [-0.15, -0.1) is 0 Å². The summed E-state index contributed by atoms with van der Waals surface area (Å²) in [6, 6.07) is 1.09. The van der Waals surface area contributed by atoms with E-state index in [0.29, 0.717) is 6.54 Å². The Morgan fingerprint density at radius 3 is 2.62 bits per heavy atom. The number of nitrogens with one attached hydrogen (secondary N) is 2. The zero-order chi connectivity index (χ0) is 12.1. The largest absolute Gasteiger partial charge is 0.340 e. The summed E-state index contributed by atoms with van der Waals surface area (Å²) in [6.45, 7) is 2.62. The molecule has 0 aromatic carbocycles. The van der Waals surface area contributed by atoms with Crippen LogP contribution in [0.4, 0.5) is 0 Å². The van der Waals surface area contributed by atoms with Crippen LogP contribution in [0.1, 0.15) is 30.3 Å². The summed E-state index contributed by atoms with van der Waals surface area (Å²) < 4.78 is 0. The van der Waals surface area contributed by atoms with Gasteiger partial charge in [0.15, 0.2) is 0 Å². The molecular weight excluding hydrogens is 210 g/mol. The zero-order valence-corrected chi connectivity index (χ0v) is 9.37. The lowest BCUT2D eigenvalue weighted by atomic mass is 10.3. The van der Waals surface area contributed by atoms with E-state index < -0.39 is 11.2 Å². The molecule has 0 saturated heterocycles. The molecule has 1 aromatic rings. The highest BCUT2D eigenvalue weighted by molar-refractivity contribution is 5.91. The SMILES string of the molecule is CCCCN(C)C(=O)c1cc(=O)[nH]c(=O)[nH]1. The van der Waals surface area contributed by atoms with Gasteiger partial charge in [-0.25, -0.2) is 4.79 Å².